The molecule has 0 amide bonds. The van der Waals surface area contributed by atoms with Gasteiger partial charge in [0.15, 0.2) is 11.9 Å². The summed E-state index contributed by atoms with van der Waals surface area (Å²) < 4.78 is 5.27. The number of Topliss-reactive ketones (excluding diaryl/α,β-unsaturated/α-hetero) is 1. The lowest BCUT2D eigenvalue weighted by Gasteiger charge is -2.14. The van der Waals surface area contributed by atoms with Crippen LogP contribution in [0.3, 0.4) is 0 Å². The molecule has 0 aliphatic heterocycles. The first kappa shape index (κ1) is 15.5. The maximum atomic E-state index is 11.4. The number of rotatable bonds is 5. The highest BCUT2D eigenvalue weighted by atomic mass is 35.5. The molecule has 102 valence electrons. The van der Waals surface area contributed by atoms with Gasteiger partial charge in [-0.2, -0.15) is 0 Å². The van der Waals surface area contributed by atoms with Crippen molar-refractivity contribution in [3.63, 3.8) is 0 Å². The number of esters is 1. The first-order valence-corrected chi connectivity index (χ1v) is 6.62. The van der Waals surface area contributed by atoms with Crippen LogP contribution in [-0.2, 0) is 14.3 Å². The molecule has 1 fully saturated rings. The summed E-state index contributed by atoms with van der Waals surface area (Å²) in [7, 11) is 0. The Kier molecular flexibility index (Phi) is 4.84. The number of hydrogen-bond donors (Lipinski definition) is 0. The van der Waals surface area contributed by atoms with E-state index in [0.29, 0.717) is 6.42 Å². The van der Waals surface area contributed by atoms with Gasteiger partial charge < -0.3 is 4.74 Å². The van der Waals surface area contributed by atoms with Crippen LogP contribution < -0.4 is 0 Å². The van der Waals surface area contributed by atoms with Crippen LogP contribution in [0.2, 0.25) is 0 Å². The number of allylic oxidation sites excluding steroid dienone is 1. The molecule has 5 heteroatoms. The average Bonchev–Trinajstić information content (AvgIpc) is 2.66. The number of carbonyl (C=O) groups is 2. The van der Waals surface area contributed by atoms with Crippen LogP contribution in [0.25, 0.3) is 0 Å². The molecule has 0 saturated heterocycles. The number of halogens is 2. The number of ether oxygens (including phenoxy) is 1. The Bertz CT molecular complexity index is 384. The molecule has 0 aromatic rings. The van der Waals surface area contributed by atoms with Crippen molar-refractivity contribution in [2.75, 3.05) is 0 Å². The summed E-state index contributed by atoms with van der Waals surface area (Å²) in [5.41, 5.74) is 0.0306. The monoisotopic (exact) mass is 292 g/mol. The highest BCUT2D eigenvalue weighted by molar-refractivity contribution is 6.55. The van der Waals surface area contributed by atoms with Gasteiger partial charge in [-0.1, -0.05) is 43.1 Å². The molecule has 0 aromatic heterocycles. The topological polar surface area (TPSA) is 43.4 Å². The molecule has 18 heavy (non-hydrogen) atoms. The largest absolute Gasteiger partial charge is 0.455 e. The second kappa shape index (κ2) is 5.62. The Hall–Kier alpha value is -0.540. The molecule has 1 rings (SSSR count). The van der Waals surface area contributed by atoms with E-state index in [4.69, 9.17) is 27.9 Å². The van der Waals surface area contributed by atoms with E-state index in [1.807, 2.05) is 0 Å². The molecule has 0 radical (unpaired) electrons. The fourth-order valence-electron chi connectivity index (χ4n) is 2.43. The van der Waals surface area contributed by atoms with Crippen LogP contribution in [0.15, 0.2) is 10.6 Å². The maximum Gasteiger partial charge on any atom is 0.303 e. The van der Waals surface area contributed by atoms with E-state index in [2.05, 4.69) is 13.8 Å². The molecular weight excluding hydrogens is 275 g/mol. The molecule has 3 nitrogen and oxygen atoms in total. The van der Waals surface area contributed by atoms with Gasteiger partial charge in [-0.15, -0.1) is 0 Å². The van der Waals surface area contributed by atoms with Gasteiger partial charge in [-0.25, -0.2) is 0 Å². The van der Waals surface area contributed by atoms with Crippen molar-refractivity contribution in [1.29, 1.82) is 0 Å². The molecule has 0 heterocycles. The van der Waals surface area contributed by atoms with Gasteiger partial charge in [0.05, 0.1) is 0 Å². The summed E-state index contributed by atoms with van der Waals surface area (Å²) in [5, 5.41) is 0. The quantitative estimate of drug-likeness (QED) is 0.729. The summed E-state index contributed by atoms with van der Waals surface area (Å²) >= 11 is 11.3. The lowest BCUT2D eigenvalue weighted by Crippen LogP contribution is -2.25. The normalized spacial score (nSPS) is 26.1. The minimum Gasteiger partial charge on any atom is -0.455 e. The Balaban J connectivity index is 2.69. The van der Waals surface area contributed by atoms with Crippen molar-refractivity contribution in [3.8, 4) is 0 Å². The lowest BCUT2D eigenvalue weighted by molar-refractivity contribution is -0.153. The second-order valence-electron chi connectivity index (χ2n) is 5.35. The minimum atomic E-state index is -0.667. The third-order valence-electron chi connectivity index (χ3n) is 3.67. The third-order valence-corrected chi connectivity index (χ3v) is 3.93. The van der Waals surface area contributed by atoms with Crippen LogP contribution in [0, 0.1) is 17.3 Å². The van der Waals surface area contributed by atoms with Crippen molar-refractivity contribution >= 4 is 35.0 Å². The van der Waals surface area contributed by atoms with Crippen LogP contribution >= 0.6 is 23.2 Å². The molecule has 0 N–H and O–H groups in total. The molecular formula is C13H18Cl2O3. The van der Waals surface area contributed by atoms with Crippen LogP contribution in [0.5, 0.6) is 0 Å². The average molecular weight is 293 g/mol. The summed E-state index contributed by atoms with van der Waals surface area (Å²) in [4.78, 5) is 22.4. The SMILES string of the molecule is CC(=O)O[C@H](CC1C(C=C(Cl)Cl)C1(C)C)C(C)=O. The van der Waals surface area contributed by atoms with Crippen molar-refractivity contribution in [2.45, 2.75) is 40.2 Å². The third kappa shape index (κ3) is 3.72. The molecule has 1 aliphatic carbocycles. The Morgan fingerprint density at radius 1 is 1.33 bits per heavy atom. The van der Waals surface area contributed by atoms with Gasteiger partial charge in [0.2, 0.25) is 0 Å². The maximum absolute atomic E-state index is 11.4. The van der Waals surface area contributed by atoms with Gasteiger partial charge in [-0.3, -0.25) is 9.59 Å². The second-order valence-corrected chi connectivity index (χ2v) is 6.36. The summed E-state index contributed by atoms with van der Waals surface area (Å²) in [6.07, 6.45) is 1.64. The van der Waals surface area contributed by atoms with Gasteiger partial charge in [-0.05, 0) is 30.6 Å². The molecule has 3 atom stereocenters. The van der Waals surface area contributed by atoms with E-state index in [0.717, 1.165) is 0 Å². The molecule has 1 saturated carbocycles. The van der Waals surface area contributed by atoms with E-state index in [9.17, 15) is 9.59 Å². The van der Waals surface area contributed by atoms with Crippen LogP contribution in [0.1, 0.15) is 34.1 Å². The van der Waals surface area contributed by atoms with Gasteiger partial charge in [0.1, 0.15) is 4.49 Å². The fraction of sp³-hybridized carbons (Fsp3) is 0.692. The van der Waals surface area contributed by atoms with Crippen molar-refractivity contribution in [2.24, 2.45) is 17.3 Å². The van der Waals surface area contributed by atoms with Gasteiger partial charge in [0, 0.05) is 6.92 Å². The van der Waals surface area contributed by atoms with Crippen LogP contribution in [0.4, 0.5) is 0 Å². The number of ketones is 1. The summed E-state index contributed by atoms with van der Waals surface area (Å²) in [5.74, 6) is -0.0955. The Morgan fingerprint density at radius 2 is 1.89 bits per heavy atom. The fourth-order valence-corrected chi connectivity index (χ4v) is 2.70. The number of hydrogen-bond acceptors (Lipinski definition) is 3. The van der Waals surface area contributed by atoms with Crippen LogP contribution in [-0.4, -0.2) is 17.9 Å². The van der Waals surface area contributed by atoms with E-state index in [-0.39, 0.29) is 27.5 Å². The van der Waals surface area contributed by atoms with Crippen molar-refractivity contribution in [3.05, 3.63) is 10.6 Å². The smallest absolute Gasteiger partial charge is 0.303 e. The minimum absolute atomic E-state index is 0.0306. The molecule has 2 unspecified atom stereocenters. The van der Waals surface area contributed by atoms with Crippen molar-refractivity contribution in [1.82, 2.24) is 0 Å². The van der Waals surface area contributed by atoms with Gasteiger partial charge >= 0.3 is 5.97 Å². The summed E-state index contributed by atoms with van der Waals surface area (Å²) in [6, 6.07) is 0. The predicted octanol–water partition coefficient (Wildman–Crippen LogP) is 3.49. The molecule has 0 bridgehead atoms. The van der Waals surface area contributed by atoms with E-state index in [1.54, 1.807) is 6.08 Å². The highest BCUT2D eigenvalue weighted by Crippen LogP contribution is 2.61. The Morgan fingerprint density at radius 3 is 2.28 bits per heavy atom. The predicted molar refractivity (Wildman–Crippen MR) is 71.4 cm³/mol. The zero-order valence-electron chi connectivity index (χ0n) is 11.0. The van der Waals surface area contributed by atoms with Gasteiger partial charge in [0.25, 0.3) is 0 Å². The highest BCUT2D eigenvalue weighted by Gasteiger charge is 2.57. The zero-order chi connectivity index (χ0) is 14.1. The van der Waals surface area contributed by atoms with Crippen molar-refractivity contribution < 1.29 is 14.3 Å². The summed E-state index contributed by atoms with van der Waals surface area (Å²) in [6.45, 7) is 6.91. The molecule has 0 aromatic carbocycles. The first-order chi connectivity index (χ1) is 8.16. The Labute approximate surface area is 117 Å². The molecule has 1 aliphatic rings. The molecule has 0 spiro atoms. The standard InChI is InChI=1S/C13H18Cl2O3/c1-7(16)11(18-8(2)17)5-9-10(6-12(14)15)13(9,3)4/h6,9-11H,5H2,1-4H3/t9?,10?,11-/m1/s1. The lowest BCUT2D eigenvalue weighted by atomic mass is 10.0. The van der Waals surface area contributed by atoms with E-state index in [1.165, 1.54) is 13.8 Å². The van der Waals surface area contributed by atoms with E-state index < -0.39 is 12.1 Å². The zero-order valence-corrected chi connectivity index (χ0v) is 12.5. The first-order valence-electron chi connectivity index (χ1n) is 5.86. The van der Waals surface area contributed by atoms with E-state index >= 15 is 0 Å². The number of carbonyl (C=O) groups excluding carboxylic acids is 2.